The zero-order valence-electron chi connectivity index (χ0n) is 16.9. The minimum atomic E-state index is -1.61. The van der Waals surface area contributed by atoms with Gasteiger partial charge in [0.1, 0.15) is 29.9 Å². The van der Waals surface area contributed by atoms with Crippen molar-refractivity contribution in [3.8, 4) is 0 Å². The summed E-state index contributed by atoms with van der Waals surface area (Å²) in [5.41, 5.74) is -0.543. The van der Waals surface area contributed by atoms with Crippen molar-refractivity contribution in [3.63, 3.8) is 0 Å². The van der Waals surface area contributed by atoms with Gasteiger partial charge >= 0.3 is 0 Å². The average Bonchev–Trinajstić information content (AvgIpc) is 3.26. The number of pyridine rings is 1. The summed E-state index contributed by atoms with van der Waals surface area (Å²) in [5, 5.41) is 17.4. The molecule has 8 nitrogen and oxygen atoms in total. The molecule has 1 atom stereocenters. The molecule has 31 heavy (non-hydrogen) atoms. The Balaban J connectivity index is 1.40. The van der Waals surface area contributed by atoms with Crippen LogP contribution in [-0.2, 0) is 23.6 Å². The summed E-state index contributed by atoms with van der Waals surface area (Å²) in [6, 6.07) is 7.02. The highest BCUT2D eigenvalue weighted by Gasteiger charge is 2.36. The van der Waals surface area contributed by atoms with Crippen LogP contribution in [0, 0.1) is 11.6 Å². The number of piperazine rings is 1. The SMILES string of the molecule is OC(CN1CCN(OCc2ccncc2)CC1)(Cn1cncn1)c1ccc(F)cc1F. The van der Waals surface area contributed by atoms with Crippen LogP contribution in [0.3, 0.4) is 0 Å². The molecule has 164 valence electrons. The standard InChI is InChI=1S/C21H24F2N6O2/c22-18-1-2-19(20(23)11-18)21(30,14-28-16-25-15-26-28)13-27-7-9-29(10-8-27)31-12-17-3-5-24-6-4-17/h1-6,11,15-16,30H,7-10,12-14H2. The van der Waals surface area contributed by atoms with Gasteiger partial charge in [0.05, 0.1) is 13.2 Å². The van der Waals surface area contributed by atoms with Gasteiger partial charge in [-0.25, -0.2) is 18.4 Å². The Morgan fingerprint density at radius 1 is 1.00 bits per heavy atom. The number of aliphatic hydroxyl groups is 1. The van der Waals surface area contributed by atoms with E-state index in [2.05, 4.69) is 15.1 Å². The molecule has 0 saturated carbocycles. The quantitative estimate of drug-likeness (QED) is 0.581. The van der Waals surface area contributed by atoms with Crippen molar-refractivity contribution in [3.05, 3.63) is 78.1 Å². The van der Waals surface area contributed by atoms with Crippen LogP contribution in [0.5, 0.6) is 0 Å². The first kappa shape index (κ1) is 21.4. The Kier molecular flexibility index (Phi) is 6.62. The van der Waals surface area contributed by atoms with Gasteiger partial charge in [-0.15, -0.1) is 0 Å². The van der Waals surface area contributed by atoms with E-state index >= 15 is 0 Å². The molecule has 3 aromatic rings. The van der Waals surface area contributed by atoms with Crippen LogP contribution in [0.1, 0.15) is 11.1 Å². The maximum atomic E-state index is 14.6. The summed E-state index contributed by atoms with van der Waals surface area (Å²) in [6.07, 6.45) is 6.25. The van der Waals surface area contributed by atoms with Crippen LogP contribution in [0.15, 0.2) is 55.4 Å². The van der Waals surface area contributed by atoms with Crippen molar-refractivity contribution in [1.82, 2.24) is 29.7 Å². The smallest absolute Gasteiger partial charge is 0.137 e. The zero-order chi connectivity index (χ0) is 21.7. The molecule has 1 unspecified atom stereocenters. The maximum Gasteiger partial charge on any atom is 0.137 e. The molecule has 3 heterocycles. The number of halogens is 2. The molecule has 0 aliphatic carbocycles. The van der Waals surface area contributed by atoms with Gasteiger partial charge in [0.15, 0.2) is 0 Å². The molecule has 0 amide bonds. The van der Waals surface area contributed by atoms with Gasteiger partial charge in [-0.3, -0.25) is 14.7 Å². The first-order chi connectivity index (χ1) is 15.0. The first-order valence-electron chi connectivity index (χ1n) is 10.0. The number of benzene rings is 1. The summed E-state index contributed by atoms with van der Waals surface area (Å²) in [7, 11) is 0. The minimum absolute atomic E-state index is 0.00565. The topological polar surface area (TPSA) is 79.5 Å². The minimum Gasteiger partial charge on any atom is -0.382 e. The number of hydroxylamine groups is 2. The van der Waals surface area contributed by atoms with Crippen LogP contribution in [0.25, 0.3) is 0 Å². The first-order valence-corrected chi connectivity index (χ1v) is 10.0. The predicted molar refractivity (Wildman–Crippen MR) is 107 cm³/mol. The third-order valence-corrected chi connectivity index (χ3v) is 5.30. The van der Waals surface area contributed by atoms with E-state index in [9.17, 15) is 13.9 Å². The molecule has 1 aromatic carbocycles. The maximum absolute atomic E-state index is 14.6. The monoisotopic (exact) mass is 430 g/mol. The van der Waals surface area contributed by atoms with E-state index in [-0.39, 0.29) is 18.7 Å². The van der Waals surface area contributed by atoms with Gasteiger partial charge < -0.3 is 5.11 Å². The molecule has 1 saturated heterocycles. The normalized spacial score (nSPS) is 17.5. The van der Waals surface area contributed by atoms with Crippen molar-refractivity contribution in [1.29, 1.82) is 0 Å². The number of aromatic nitrogens is 4. The molecule has 4 rings (SSSR count). The second-order valence-electron chi connectivity index (χ2n) is 7.58. The summed E-state index contributed by atoms with van der Waals surface area (Å²) < 4.78 is 29.4. The third kappa shape index (κ3) is 5.47. The van der Waals surface area contributed by atoms with Crippen molar-refractivity contribution in [2.45, 2.75) is 18.8 Å². The third-order valence-electron chi connectivity index (χ3n) is 5.30. The van der Waals surface area contributed by atoms with Crippen LogP contribution < -0.4 is 0 Å². The average molecular weight is 430 g/mol. The fourth-order valence-corrected chi connectivity index (χ4v) is 3.70. The molecule has 1 aliphatic rings. The Hall–Kier alpha value is -2.79. The molecule has 0 spiro atoms. The van der Waals surface area contributed by atoms with E-state index in [1.54, 1.807) is 12.4 Å². The van der Waals surface area contributed by atoms with Gasteiger partial charge in [0, 0.05) is 56.7 Å². The van der Waals surface area contributed by atoms with E-state index in [0.29, 0.717) is 32.8 Å². The molecule has 0 bridgehead atoms. The fraction of sp³-hybridized carbons (Fsp3) is 0.381. The summed E-state index contributed by atoms with van der Waals surface area (Å²) in [6.45, 7) is 3.13. The van der Waals surface area contributed by atoms with E-state index in [4.69, 9.17) is 4.84 Å². The highest BCUT2D eigenvalue weighted by molar-refractivity contribution is 5.25. The largest absolute Gasteiger partial charge is 0.382 e. The van der Waals surface area contributed by atoms with Crippen LogP contribution in [-0.4, -0.2) is 67.5 Å². The highest BCUT2D eigenvalue weighted by Crippen LogP contribution is 2.28. The Bertz CT molecular complexity index is 967. The van der Waals surface area contributed by atoms with Crippen molar-refractivity contribution in [2.75, 3.05) is 32.7 Å². The van der Waals surface area contributed by atoms with Crippen molar-refractivity contribution < 1.29 is 18.7 Å². The molecule has 2 aromatic heterocycles. The van der Waals surface area contributed by atoms with Crippen LogP contribution >= 0.6 is 0 Å². The predicted octanol–water partition coefficient (Wildman–Crippen LogP) is 1.59. The number of rotatable bonds is 8. The zero-order valence-corrected chi connectivity index (χ0v) is 16.9. The van der Waals surface area contributed by atoms with Crippen LogP contribution in [0.2, 0.25) is 0 Å². The fourth-order valence-electron chi connectivity index (χ4n) is 3.70. The van der Waals surface area contributed by atoms with Crippen LogP contribution in [0.4, 0.5) is 8.78 Å². The summed E-state index contributed by atoms with van der Waals surface area (Å²) in [5.74, 6) is -1.48. The lowest BCUT2D eigenvalue weighted by Crippen LogP contribution is -2.52. The second-order valence-corrected chi connectivity index (χ2v) is 7.58. The van der Waals surface area contributed by atoms with Gasteiger partial charge in [-0.05, 0) is 23.8 Å². The number of hydrogen-bond acceptors (Lipinski definition) is 7. The molecule has 1 aliphatic heterocycles. The molecule has 1 fully saturated rings. The van der Waals surface area contributed by atoms with E-state index in [1.165, 1.54) is 23.4 Å². The van der Waals surface area contributed by atoms with Gasteiger partial charge in [-0.1, -0.05) is 6.07 Å². The Labute approximate surface area is 178 Å². The van der Waals surface area contributed by atoms with E-state index in [0.717, 1.165) is 17.7 Å². The summed E-state index contributed by atoms with van der Waals surface area (Å²) >= 11 is 0. The lowest BCUT2D eigenvalue weighted by molar-refractivity contribution is -0.190. The number of nitrogens with zero attached hydrogens (tertiary/aromatic N) is 6. The molecule has 0 radical (unpaired) electrons. The lowest BCUT2D eigenvalue weighted by atomic mass is 9.92. The molecule has 10 heteroatoms. The summed E-state index contributed by atoms with van der Waals surface area (Å²) in [4.78, 5) is 15.8. The number of β-amino-alcohol motifs (C(OH)–C–C–N with tert-alkyl or cyclic N) is 1. The molecular weight excluding hydrogens is 406 g/mol. The second kappa shape index (κ2) is 9.56. The van der Waals surface area contributed by atoms with Gasteiger partial charge in [0.25, 0.3) is 0 Å². The molecular formula is C21H24F2N6O2. The van der Waals surface area contributed by atoms with Crippen molar-refractivity contribution >= 4 is 0 Å². The van der Waals surface area contributed by atoms with Gasteiger partial charge in [0.2, 0.25) is 0 Å². The van der Waals surface area contributed by atoms with E-state index in [1.807, 2.05) is 22.1 Å². The van der Waals surface area contributed by atoms with Gasteiger partial charge in [-0.2, -0.15) is 10.2 Å². The lowest BCUT2D eigenvalue weighted by Gasteiger charge is -2.39. The highest BCUT2D eigenvalue weighted by atomic mass is 19.1. The van der Waals surface area contributed by atoms with Crippen molar-refractivity contribution in [2.24, 2.45) is 0 Å². The Morgan fingerprint density at radius 2 is 1.77 bits per heavy atom. The number of hydrogen-bond donors (Lipinski definition) is 1. The van der Waals surface area contributed by atoms with E-state index < -0.39 is 17.2 Å². The molecule has 1 N–H and O–H groups in total. The Morgan fingerprint density at radius 3 is 2.45 bits per heavy atom.